The van der Waals surface area contributed by atoms with E-state index in [4.69, 9.17) is 0 Å². The molecule has 0 bridgehead atoms. The molecule has 0 radical (unpaired) electrons. The number of likely N-dealkylation sites (tertiary alicyclic amines) is 1. The first-order chi connectivity index (χ1) is 8.69. The van der Waals surface area contributed by atoms with Gasteiger partial charge in [-0.3, -0.25) is 9.69 Å². The number of carbonyl (C=O) groups excluding carboxylic acids is 1. The van der Waals surface area contributed by atoms with E-state index in [1.807, 2.05) is 13.8 Å². The predicted octanol–water partition coefficient (Wildman–Crippen LogP) is 1.39. The fraction of sp³-hybridized carbons (Fsp3) is 0.929. The summed E-state index contributed by atoms with van der Waals surface area (Å²) in [5.74, 6) is 0.300. The number of hydrogen-bond donors (Lipinski definition) is 2. The van der Waals surface area contributed by atoms with Crippen molar-refractivity contribution in [3.63, 3.8) is 0 Å². The van der Waals surface area contributed by atoms with Crippen molar-refractivity contribution in [3.8, 4) is 0 Å². The van der Waals surface area contributed by atoms with Crippen molar-refractivity contribution in [1.82, 2.24) is 10.2 Å². The van der Waals surface area contributed by atoms with Crippen LogP contribution in [0.4, 0.5) is 0 Å². The van der Waals surface area contributed by atoms with Gasteiger partial charge in [0.1, 0.15) is 0 Å². The average molecular weight is 256 g/mol. The summed E-state index contributed by atoms with van der Waals surface area (Å²) in [5, 5.41) is 12.2. The van der Waals surface area contributed by atoms with E-state index in [0.29, 0.717) is 6.04 Å². The molecule has 1 aliphatic heterocycles. The van der Waals surface area contributed by atoms with E-state index in [1.165, 1.54) is 6.42 Å². The smallest absolute Gasteiger partial charge is 0.222 e. The van der Waals surface area contributed by atoms with Crippen LogP contribution in [0.2, 0.25) is 0 Å². The average Bonchev–Trinajstić information content (AvgIpc) is 2.84. The summed E-state index contributed by atoms with van der Waals surface area (Å²) in [7, 11) is 0. The van der Waals surface area contributed by atoms with Gasteiger partial charge in [0.15, 0.2) is 0 Å². The Hall–Kier alpha value is -0.610. The highest BCUT2D eigenvalue weighted by atomic mass is 16.3. The summed E-state index contributed by atoms with van der Waals surface area (Å²) in [5.41, 5.74) is 0. The molecule has 4 heteroatoms. The monoisotopic (exact) mass is 256 g/mol. The molecule has 4 nitrogen and oxygen atoms in total. The maximum absolute atomic E-state index is 11.5. The highest BCUT2D eigenvalue weighted by Gasteiger charge is 2.22. The lowest BCUT2D eigenvalue weighted by Crippen LogP contribution is -2.34. The Morgan fingerprint density at radius 1 is 1.50 bits per heavy atom. The van der Waals surface area contributed by atoms with Gasteiger partial charge in [0, 0.05) is 18.5 Å². The molecule has 1 aliphatic rings. The van der Waals surface area contributed by atoms with Crippen molar-refractivity contribution in [2.24, 2.45) is 5.92 Å². The topological polar surface area (TPSA) is 52.6 Å². The molecule has 1 amide bonds. The first kappa shape index (κ1) is 15.4. The molecular formula is C14H28N2O2. The van der Waals surface area contributed by atoms with Crippen molar-refractivity contribution in [2.45, 2.75) is 52.0 Å². The zero-order valence-electron chi connectivity index (χ0n) is 11.8. The lowest BCUT2D eigenvalue weighted by Gasteiger charge is -2.22. The van der Waals surface area contributed by atoms with E-state index in [0.717, 1.165) is 45.3 Å². The number of nitrogens with one attached hydrogen (secondary N) is 1. The second-order valence-electron chi connectivity index (χ2n) is 5.32. The highest BCUT2D eigenvalue weighted by molar-refractivity contribution is 5.78. The number of aliphatic hydroxyl groups excluding tert-OH is 1. The number of nitrogens with zero attached hydrogens (tertiary/aromatic N) is 1. The van der Waals surface area contributed by atoms with Crippen molar-refractivity contribution in [2.75, 3.05) is 26.2 Å². The molecule has 0 saturated carbocycles. The number of hydrogen-bond acceptors (Lipinski definition) is 3. The quantitative estimate of drug-likeness (QED) is 0.645. The van der Waals surface area contributed by atoms with Gasteiger partial charge >= 0.3 is 0 Å². The van der Waals surface area contributed by atoms with Crippen LogP contribution >= 0.6 is 0 Å². The number of rotatable bonds is 8. The molecule has 2 N–H and O–H groups in total. The summed E-state index contributed by atoms with van der Waals surface area (Å²) < 4.78 is 0. The van der Waals surface area contributed by atoms with Gasteiger partial charge in [-0.1, -0.05) is 13.8 Å². The molecule has 2 atom stereocenters. The molecule has 18 heavy (non-hydrogen) atoms. The van der Waals surface area contributed by atoms with Gasteiger partial charge in [-0.15, -0.1) is 0 Å². The van der Waals surface area contributed by atoms with Crippen LogP contribution in [0.1, 0.15) is 46.0 Å². The Morgan fingerprint density at radius 2 is 2.28 bits per heavy atom. The molecule has 0 aliphatic carbocycles. The Bertz CT molecular complexity index is 246. The predicted molar refractivity (Wildman–Crippen MR) is 73.4 cm³/mol. The first-order valence-corrected chi connectivity index (χ1v) is 7.31. The summed E-state index contributed by atoms with van der Waals surface area (Å²) in [6.45, 7) is 7.22. The third-order valence-electron chi connectivity index (χ3n) is 3.94. The Morgan fingerprint density at radius 3 is 2.94 bits per heavy atom. The molecule has 0 aromatic rings. The van der Waals surface area contributed by atoms with Gasteiger partial charge in [0.2, 0.25) is 5.91 Å². The van der Waals surface area contributed by atoms with E-state index in [1.54, 1.807) is 0 Å². The second-order valence-corrected chi connectivity index (χ2v) is 5.32. The minimum Gasteiger partial charge on any atom is -0.395 e. The van der Waals surface area contributed by atoms with Gasteiger partial charge < -0.3 is 10.4 Å². The molecule has 0 spiro atoms. The fourth-order valence-electron chi connectivity index (χ4n) is 2.41. The summed E-state index contributed by atoms with van der Waals surface area (Å²) in [6.07, 6.45) is 5.35. The zero-order chi connectivity index (χ0) is 13.4. The van der Waals surface area contributed by atoms with Gasteiger partial charge in [-0.2, -0.15) is 0 Å². The van der Waals surface area contributed by atoms with E-state index in [-0.39, 0.29) is 18.4 Å². The number of unbranched alkanes of at least 4 members (excludes halogenated alkanes) is 1. The molecule has 0 aromatic heterocycles. The minimum atomic E-state index is 0.127. The van der Waals surface area contributed by atoms with Crippen LogP contribution in [0.25, 0.3) is 0 Å². The van der Waals surface area contributed by atoms with Gasteiger partial charge in [0.25, 0.3) is 0 Å². The molecule has 1 saturated heterocycles. The van der Waals surface area contributed by atoms with Gasteiger partial charge in [-0.25, -0.2) is 0 Å². The number of carbonyl (C=O) groups is 1. The van der Waals surface area contributed by atoms with E-state index in [2.05, 4.69) is 10.2 Å². The van der Waals surface area contributed by atoms with Crippen molar-refractivity contribution in [1.29, 1.82) is 0 Å². The largest absolute Gasteiger partial charge is 0.395 e. The maximum Gasteiger partial charge on any atom is 0.222 e. The van der Waals surface area contributed by atoms with Crippen LogP contribution in [-0.2, 0) is 4.79 Å². The van der Waals surface area contributed by atoms with E-state index >= 15 is 0 Å². The molecular weight excluding hydrogens is 228 g/mol. The first-order valence-electron chi connectivity index (χ1n) is 7.31. The number of amides is 1. The maximum atomic E-state index is 11.5. The van der Waals surface area contributed by atoms with Crippen LogP contribution in [0.5, 0.6) is 0 Å². The lowest BCUT2D eigenvalue weighted by molar-refractivity contribution is -0.124. The zero-order valence-corrected chi connectivity index (χ0v) is 11.8. The standard InChI is InChI=1S/C14H28N2O2/c1-3-12(2)14(18)15-8-4-5-9-16-10-6-7-13(16)11-17/h12-13,17H,3-11H2,1-2H3,(H,15,18). The highest BCUT2D eigenvalue weighted by Crippen LogP contribution is 2.16. The van der Waals surface area contributed by atoms with Crippen LogP contribution < -0.4 is 5.32 Å². The van der Waals surface area contributed by atoms with E-state index < -0.39 is 0 Å². The van der Waals surface area contributed by atoms with Gasteiger partial charge in [0.05, 0.1) is 6.61 Å². The summed E-state index contributed by atoms with van der Waals surface area (Å²) in [4.78, 5) is 13.9. The van der Waals surface area contributed by atoms with Crippen LogP contribution in [0.3, 0.4) is 0 Å². The molecule has 1 fully saturated rings. The summed E-state index contributed by atoms with van der Waals surface area (Å²) >= 11 is 0. The second kappa shape index (κ2) is 8.48. The van der Waals surface area contributed by atoms with E-state index in [9.17, 15) is 9.90 Å². The molecule has 1 rings (SSSR count). The normalized spacial score (nSPS) is 22.1. The third-order valence-corrected chi connectivity index (χ3v) is 3.94. The van der Waals surface area contributed by atoms with Crippen LogP contribution in [0.15, 0.2) is 0 Å². The molecule has 106 valence electrons. The van der Waals surface area contributed by atoms with Crippen LogP contribution in [-0.4, -0.2) is 48.2 Å². The van der Waals surface area contributed by atoms with Gasteiger partial charge in [-0.05, 0) is 45.2 Å². The van der Waals surface area contributed by atoms with Crippen molar-refractivity contribution >= 4 is 5.91 Å². The summed E-state index contributed by atoms with van der Waals surface area (Å²) in [6, 6.07) is 0.375. The minimum absolute atomic E-state index is 0.127. The Balaban J connectivity index is 2.03. The van der Waals surface area contributed by atoms with Crippen LogP contribution in [0, 0.1) is 5.92 Å². The third kappa shape index (κ3) is 4.94. The Kier molecular flexibility index (Phi) is 7.28. The molecule has 0 aromatic carbocycles. The van der Waals surface area contributed by atoms with Crippen molar-refractivity contribution < 1.29 is 9.90 Å². The molecule has 2 unspecified atom stereocenters. The lowest BCUT2D eigenvalue weighted by atomic mass is 10.1. The molecule has 1 heterocycles. The number of aliphatic hydroxyl groups is 1. The SMILES string of the molecule is CCC(C)C(=O)NCCCCN1CCCC1CO. The fourth-order valence-corrected chi connectivity index (χ4v) is 2.41. The van der Waals surface area contributed by atoms with Crippen molar-refractivity contribution in [3.05, 3.63) is 0 Å². The Labute approximate surface area is 111 Å².